The van der Waals surface area contributed by atoms with E-state index in [1.165, 1.54) is 12.7 Å². The second kappa shape index (κ2) is 5.49. The third kappa shape index (κ3) is 2.14. The highest BCUT2D eigenvalue weighted by atomic mass is 127. The van der Waals surface area contributed by atoms with Crippen LogP contribution >= 0.6 is 22.6 Å². The quantitative estimate of drug-likeness (QED) is 0.306. The third-order valence-corrected chi connectivity index (χ3v) is 7.10. The number of ether oxygens (including phenoxy) is 2. The molecule has 0 aromatic rings. The van der Waals surface area contributed by atoms with E-state index in [-0.39, 0.29) is 35.3 Å². The van der Waals surface area contributed by atoms with E-state index in [1.807, 2.05) is 0 Å². The molecule has 0 unspecified atom stereocenters. The van der Waals surface area contributed by atoms with Crippen LogP contribution < -0.4 is 0 Å². The molecule has 0 aromatic heterocycles. The Balaban J connectivity index is 2.06. The second-order valence-corrected chi connectivity index (χ2v) is 8.10. The van der Waals surface area contributed by atoms with Crippen molar-refractivity contribution < 1.29 is 19.1 Å². The predicted octanol–water partition coefficient (Wildman–Crippen LogP) is 3.28. The van der Waals surface area contributed by atoms with Crippen LogP contribution in [0.1, 0.15) is 39.5 Å². The van der Waals surface area contributed by atoms with Crippen molar-refractivity contribution in [3.63, 3.8) is 0 Å². The minimum Gasteiger partial charge on any atom is -0.469 e. The fourth-order valence-corrected chi connectivity index (χ4v) is 5.98. The molecule has 5 atom stereocenters. The van der Waals surface area contributed by atoms with Crippen molar-refractivity contribution in [1.29, 1.82) is 0 Å². The van der Waals surface area contributed by atoms with Crippen LogP contribution in [0.5, 0.6) is 0 Å². The Hall–Kier alpha value is -0.590. The molecule has 5 heteroatoms. The average molecular weight is 418 g/mol. The maximum Gasteiger partial charge on any atom is 0.312 e. The molecule has 1 heterocycles. The first-order valence-electron chi connectivity index (χ1n) is 7.91. The van der Waals surface area contributed by atoms with E-state index in [1.54, 1.807) is 0 Å². The number of rotatable bonds is 3. The Bertz CT molecular complexity index is 543. The molecule has 22 heavy (non-hydrogen) atoms. The monoisotopic (exact) mass is 418 g/mol. The van der Waals surface area contributed by atoms with Gasteiger partial charge < -0.3 is 9.47 Å². The van der Waals surface area contributed by atoms with Crippen molar-refractivity contribution in [3.8, 4) is 0 Å². The summed E-state index contributed by atoms with van der Waals surface area (Å²) in [4.78, 5) is 24.4. The SMILES string of the molecule is COC(=O)C[C@H]1C(CI)=C[C@H]2OC(=O)[C@@]3(C)CCC[C@@]1(C)[C@@H]23. The lowest BCUT2D eigenvalue weighted by Gasteiger charge is -2.54. The molecule has 0 radical (unpaired) electrons. The summed E-state index contributed by atoms with van der Waals surface area (Å²) < 4.78 is 11.5. The van der Waals surface area contributed by atoms with Crippen molar-refractivity contribution in [2.75, 3.05) is 11.5 Å². The molecule has 3 rings (SSSR count). The molecular formula is C17H23IO4. The molecule has 122 valence electrons. The van der Waals surface area contributed by atoms with E-state index in [0.29, 0.717) is 6.42 Å². The summed E-state index contributed by atoms with van der Waals surface area (Å²) in [6.07, 6.45) is 5.33. The highest BCUT2D eigenvalue weighted by Crippen LogP contribution is 2.64. The van der Waals surface area contributed by atoms with Crippen LogP contribution in [0.25, 0.3) is 0 Å². The Morgan fingerprint density at radius 1 is 1.45 bits per heavy atom. The minimum atomic E-state index is -0.403. The zero-order valence-corrected chi connectivity index (χ0v) is 15.5. The Labute approximate surface area is 145 Å². The maximum atomic E-state index is 12.5. The molecule has 3 aliphatic rings. The molecule has 2 fully saturated rings. The number of hydrogen-bond acceptors (Lipinski definition) is 4. The van der Waals surface area contributed by atoms with E-state index in [4.69, 9.17) is 9.47 Å². The summed E-state index contributed by atoms with van der Waals surface area (Å²) in [5.74, 6) is 0.0870. The normalized spacial score (nSPS) is 43.2. The number of hydrogen-bond donors (Lipinski definition) is 0. The second-order valence-electron chi connectivity index (χ2n) is 7.33. The number of allylic oxidation sites excluding steroid dienone is 1. The van der Waals surface area contributed by atoms with Gasteiger partial charge in [0.15, 0.2) is 0 Å². The molecule has 1 saturated heterocycles. The highest BCUT2D eigenvalue weighted by molar-refractivity contribution is 14.1. The minimum absolute atomic E-state index is 0.0591. The van der Waals surface area contributed by atoms with Gasteiger partial charge in [-0.2, -0.15) is 0 Å². The summed E-state index contributed by atoms with van der Waals surface area (Å²) in [6.45, 7) is 4.30. The summed E-state index contributed by atoms with van der Waals surface area (Å²) in [7, 11) is 1.44. The van der Waals surface area contributed by atoms with Gasteiger partial charge in [0.25, 0.3) is 0 Å². The van der Waals surface area contributed by atoms with Gasteiger partial charge in [0.2, 0.25) is 0 Å². The van der Waals surface area contributed by atoms with Crippen LogP contribution in [0.2, 0.25) is 0 Å². The number of methoxy groups -OCH3 is 1. The molecule has 0 aromatic carbocycles. The van der Waals surface area contributed by atoms with Crippen molar-refractivity contribution in [2.45, 2.75) is 45.6 Å². The zero-order valence-electron chi connectivity index (χ0n) is 13.4. The first-order chi connectivity index (χ1) is 10.4. The molecule has 0 amide bonds. The summed E-state index contributed by atoms with van der Waals surface area (Å²) in [5.41, 5.74) is 0.751. The fraction of sp³-hybridized carbons (Fsp3) is 0.765. The van der Waals surface area contributed by atoms with Gasteiger partial charge >= 0.3 is 11.9 Å². The molecular weight excluding hydrogens is 395 g/mol. The number of esters is 2. The van der Waals surface area contributed by atoms with Gasteiger partial charge in [-0.1, -0.05) is 41.5 Å². The van der Waals surface area contributed by atoms with Crippen LogP contribution in [0, 0.1) is 22.7 Å². The standard InChI is InChI=1S/C17H23IO4/c1-16-5-4-6-17(2)14(16)12(22-15(17)20)7-10(9-18)11(16)8-13(19)21-3/h7,11-12,14H,4-6,8-9H2,1-3H3/t11-,12+,14+,16+,17-/m0/s1. The number of halogens is 1. The van der Waals surface area contributed by atoms with Crippen molar-refractivity contribution >= 4 is 34.5 Å². The zero-order chi connectivity index (χ0) is 16.1. The number of carbonyl (C=O) groups excluding carboxylic acids is 2. The van der Waals surface area contributed by atoms with Crippen LogP contribution in [0.15, 0.2) is 11.6 Å². The molecule has 1 aliphatic heterocycles. The van der Waals surface area contributed by atoms with Crippen molar-refractivity contribution in [1.82, 2.24) is 0 Å². The highest BCUT2D eigenvalue weighted by Gasteiger charge is 2.65. The van der Waals surface area contributed by atoms with Crippen molar-refractivity contribution in [3.05, 3.63) is 11.6 Å². The van der Waals surface area contributed by atoms with E-state index in [0.717, 1.165) is 23.7 Å². The molecule has 0 N–H and O–H groups in total. The van der Waals surface area contributed by atoms with Gasteiger partial charge in [0, 0.05) is 10.3 Å². The van der Waals surface area contributed by atoms with Gasteiger partial charge in [-0.3, -0.25) is 9.59 Å². The van der Waals surface area contributed by atoms with E-state index >= 15 is 0 Å². The van der Waals surface area contributed by atoms with E-state index < -0.39 is 5.41 Å². The van der Waals surface area contributed by atoms with Gasteiger partial charge in [0.1, 0.15) is 6.10 Å². The Kier molecular flexibility index (Phi) is 4.06. The Morgan fingerprint density at radius 3 is 2.82 bits per heavy atom. The van der Waals surface area contributed by atoms with Crippen LogP contribution in [0.3, 0.4) is 0 Å². The van der Waals surface area contributed by atoms with Gasteiger partial charge in [-0.05, 0) is 37.2 Å². The van der Waals surface area contributed by atoms with Crippen LogP contribution in [0.4, 0.5) is 0 Å². The third-order valence-electron chi connectivity index (χ3n) is 6.22. The van der Waals surface area contributed by atoms with E-state index in [9.17, 15) is 9.59 Å². The average Bonchev–Trinajstić information content (AvgIpc) is 2.74. The van der Waals surface area contributed by atoms with Crippen LogP contribution in [-0.4, -0.2) is 29.6 Å². The molecule has 1 saturated carbocycles. The van der Waals surface area contributed by atoms with Gasteiger partial charge in [-0.15, -0.1) is 0 Å². The molecule has 4 nitrogen and oxygen atoms in total. The summed E-state index contributed by atoms with van der Waals surface area (Å²) in [6, 6.07) is 0. The lowest BCUT2D eigenvalue weighted by atomic mass is 9.48. The van der Waals surface area contributed by atoms with Gasteiger partial charge in [0.05, 0.1) is 18.9 Å². The first-order valence-corrected chi connectivity index (χ1v) is 9.44. The Morgan fingerprint density at radius 2 is 2.18 bits per heavy atom. The van der Waals surface area contributed by atoms with E-state index in [2.05, 4.69) is 42.5 Å². The lowest BCUT2D eigenvalue weighted by molar-refractivity contribution is -0.148. The summed E-state index contributed by atoms with van der Waals surface area (Å²) >= 11 is 2.34. The topological polar surface area (TPSA) is 52.6 Å². The molecule has 2 aliphatic carbocycles. The lowest BCUT2D eigenvalue weighted by Crippen LogP contribution is -2.53. The largest absolute Gasteiger partial charge is 0.469 e. The number of alkyl halides is 1. The predicted molar refractivity (Wildman–Crippen MR) is 90.5 cm³/mol. The first kappa shape index (κ1) is 16.3. The number of carbonyl (C=O) groups is 2. The smallest absolute Gasteiger partial charge is 0.312 e. The molecule has 0 bridgehead atoms. The molecule has 0 spiro atoms. The maximum absolute atomic E-state index is 12.5. The summed E-state index contributed by atoms with van der Waals surface area (Å²) in [5, 5.41) is 0. The van der Waals surface area contributed by atoms with Gasteiger partial charge in [-0.25, -0.2) is 0 Å². The van der Waals surface area contributed by atoms with Crippen LogP contribution in [-0.2, 0) is 19.1 Å². The fourth-order valence-electron chi connectivity index (χ4n) is 5.19. The van der Waals surface area contributed by atoms with Crippen molar-refractivity contribution in [2.24, 2.45) is 22.7 Å².